The smallest absolute Gasteiger partial charge is 0.370 e. The van der Waals surface area contributed by atoms with Crippen LogP contribution in [0.25, 0.3) is 0 Å². The lowest BCUT2D eigenvalue weighted by Crippen LogP contribution is -2.32. The predicted octanol–water partition coefficient (Wildman–Crippen LogP) is 3.90. The molecule has 0 heterocycles. The molecule has 7 nitrogen and oxygen atoms in total. The van der Waals surface area contributed by atoms with E-state index in [-0.39, 0.29) is 23.9 Å². The molecule has 1 atom stereocenters. The molecule has 0 spiro atoms. The molecule has 0 N–H and O–H groups in total. The van der Waals surface area contributed by atoms with Crippen LogP contribution in [0.4, 0.5) is 4.79 Å². The molecular formula is C20H26O7S2. The number of Topliss-reactive ketones (excluding diaryl/α,β-unsaturated/α-hetero) is 1. The Labute approximate surface area is 180 Å². The Morgan fingerprint density at radius 3 is 2.21 bits per heavy atom. The van der Waals surface area contributed by atoms with Gasteiger partial charge in [-0.25, -0.2) is 4.79 Å². The Hall–Kier alpha value is -2.00. The van der Waals surface area contributed by atoms with Gasteiger partial charge >= 0.3 is 17.2 Å². The summed E-state index contributed by atoms with van der Waals surface area (Å²) in [4.78, 5) is 48.1. The van der Waals surface area contributed by atoms with Crippen LogP contribution in [0.1, 0.15) is 34.1 Å². The van der Waals surface area contributed by atoms with Crippen LogP contribution >= 0.6 is 24.4 Å². The number of thiol groups is 1. The Morgan fingerprint density at radius 2 is 1.66 bits per heavy atom. The summed E-state index contributed by atoms with van der Waals surface area (Å²) in [6, 6.07) is 8.43. The van der Waals surface area contributed by atoms with Gasteiger partial charge < -0.3 is 14.2 Å². The van der Waals surface area contributed by atoms with Gasteiger partial charge in [0.05, 0.1) is 16.6 Å². The largest absolute Gasteiger partial charge is 0.428 e. The molecule has 0 unspecified atom stereocenters. The highest BCUT2D eigenvalue weighted by molar-refractivity contribution is 8.13. The van der Waals surface area contributed by atoms with E-state index in [1.54, 1.807) is 58.0 Å². The first kappa shape index (κ1) is 25.0. The van der Waals surface area contributed by atoms with Crippen molar-refractivity contribution in [3.63, 3.8) is 0 Å². The third kappa shape index (κ3) is 9.85. The summed E-state index contributed by atoms with van der Waals surface area (Å²) < 4.78 is 14.0. The van der Waals surface area contributed by atoms with Crippen LogP contribution in [0.2, 0.25) is 0 Å². The Bertz CT molecular complexity index is 711. The molecule has 0 fully saturated rings. The molecule has 1 aromatic rings. The van der Waals surface area contributed by atoms with Gasteiger partial charge in [-0.15, -0.1) is 0 Å². The van der Waals surface area contributed by atoms with E-state index in [1.807, 2.05) is 0 Å². The molecule has 0 aliphatic heterocycles. The second-order valence-corrected chi connectivity index (χ2v) is 9.13. The van der Waals surface area contributed by atoms with Gasteiger partial charge in [0.1, 0.15) is 11.5 Å². The van der Waals surface area contributed by atoms with Gasteiger partial charge in [0.2, 0.25) is 6.79 Å². The Morgan fingerprint density at radius 1 is 1.03 bits per heavy atom. The van der Waals surface area contributed by atoms with Crippen molar-refractivity contribution in [1.82, 2.24) is 0 Å². The van der Waals surface area contributed by atoms with Crippen LogP contribution in [0.3, 0.4) is 0 Å². The second-order valence-electron chi connectivity index (χ2n) is 7.06. The first-order valence-corrected chi connectivity index (χ1v) is 10.4. The number of hydrogen-bond acceptors (Lipinski definition) is 9. The summed E-state index contributed by atoms with van der Waals surface area (Å²) in [5.74, 6) is -2.27. The number of esters is 2. The average molecular weight is 443 g/mol. The number of benzene rings is 1. The number of hydrogen-bond donors (Lipinski definition) is 1. The van der Waals surface area contributed by atoms with Crippen molar-refractivity contribution in [2.24, 2.45) is 11.8 Å². The van der Waals surface area contributed by atoms with Crippen molar-refractivity contribution in [1.29, 1.82) is 0 Å². The zero-order valence-corrected chi connectivity index (χ0v) is 18.6. The molecule has 0 aliphatic rings. The van der Waals surface area contributed by atoms with Gasteiger partial charge in [-0.1, -0.05) is 32.0 Å². The molecule has 0 aromatic heterocycles. The molecule has 1 aromatic carbocycles. The van der Waals surface area contributed by atoms with E-state index in [2.05, 4.69) is 12.6 Å². The van der Waals surface area contributed by atoms with Crippen LogP contribution in [0.5, 0.6) is 5.75 Å². The number of ketones is 1. The third-order valence-corrected chi connectivity index (χ3v) is 4.83. The lowest BCUT2D eigenvalue weighted by atomic mass is 9.97. The Kier molecular flexibility index (Phi) is 10.2. The predicted molar refractivity (Wildman–Crippen MR) is 113 cm³/mol. The molecule has 0 aliphatic carbocycles. The van der Waals surface area contributed by atoms with Crippen LogP contribution in [-0.4, -0.2) is 40.3 Å². The topological polar surface area (TPSA) is 96.0 Å². The fourth-order valence-corrected chi connectivity index (χ4v) is 2.70. The van der Waals surface area contributed by atoms with E-state index < -0.39 is 34.7 Å². The number of rotatable bonds is 10. The number of ether oxygens (including phenoxy) is 3. The molecule has 0 radical (unpaired) electrons. The van der Waals surface area contributed by atoms with Crippen molar-refractivity contribution < 1.29 is 33.4 Å². The van der Waals surface area contributed by atoms with E-state index >= 15 is 0 Å². The first-order chi connectivity index (χ1) is 13.5. The molecule has 0 amide bonds. The highest BCUT2D eigenvalue weighted by Gasteiger charge is 2.31. The van der Waals surface area contributed by atoms with Crippen LogP contribution in [-0.2, 0) is 23.9 Å². The zero-order valence-electron chi connectivity index (χ0n) is 16.9. The number of thioether (sulfide) groups is 1. The van der Waals surface area contributed by atoms with Gasteiger partial charge in [-0.3, -0.25) is 14.4 Å². The molecular weight excluding hydrogens is 416 g/mol. The molecule has 9 heteroatoms. The van der Waals surface area contributed by atoms with E-state index in [0.29, 0.717) is 17.5 Å². The minimum Gasteiger partial charge on any atom is -0.428 e. The van der Waals surface area contributed by atoms with E-state index in [1.165, 1.54) is 0 Å². The van der Waals surface area contributed by atoms with Crippen molar-refractivity contribution in [3.05, 3.63) is 30.3 Å². The molecule has 1 rings (SSSR count). The molecule has 0 saturated heterocycles. The van der Waals surface area contributed by atoms with Gasteiger partial charge in [0, 0.05) is 12.2 Å². The number of para-hydroxylation sites is 1. The molecule has 0 saturated carbocycles. The minimum atomic E-state index is -0.929. The van der Waals surface area contributed by atoms with Crippen LogP contribution in [0, 0.1) is 11.8 Å². The highest BCUT2D eigenvalue weighted by atomic mass is 32.2. The van der Waals surface area contributed by atoms with Gasteiger partial charge in [-0.2, -0.15) is 12.6 Å². The maximum absolute atomic E-state index is 12.5. The van der Waals surface area contributed by atoms with Crippen molar-refractivity contribution in [2.75, 3.05) is 12.5 Å². The Balaban J connectivity index is 2.66. The van der Waals surface area contributed by atoms with Crippen LogP contribution < -0.4 is 4.74 Å². The monoisotopic (exact) mass is 442 g/mol. The lowest BCUT2D eigenvalue weighted by Gasteiger charge is -2.20. The molecule has 160 valence electrons. The number of carbonyl (C=O) groups excluding carboxylic acids is 4. The second kappa shape index (κ2) is 11.9. The summed E-state index contributed by atoms with van der Waals surface area (Å²) in [7, 11) is 0. The maximum Gasteiger partial charge on any atom is 0.370 e. The fourth-order valence-electron chi connectivity index (χ4n) is 1.88. The molecule has 0 bridgehead atoms. The van der Waals surface area contributed by atoms with Crippen molar-refractivity contribution in [3.8, 4) is 5.75 Å². The maximum atomic E-state index is 12.5. The van der Waals surface area contributed by atoms with Crippen LogP contribution in [0.15, 0.2) is 30.3 Å². The fraction of sp³-hybridized carbons (Fsp3) is 0.500. The first-order valence-electron chi connectivity index (χ1n) is 8.99. The minimum absolute atomic E-state index is 0.0295. The zero-order chi connectivity index (χ0) is 22.0. The SMILES string of the molecule is CC(C)C(=O)OCOC(=O)SC[C@H](CC(=O)C(C)(C)S)C(=O)Oc1ccccc1. The normalized spacial score (nSPS) is 12.2. The average Bonchev–Trinajstić information content (AvgIpc) is 2.64. The summed E-state index contributed by atoms with van der Waals surface area (Å²) in [5, 5.41) is -0.725. The summed E-state index contributed by atoms with van der Waals surface area (Å²) in [5.41, 5.74) is 0. The van der Waals surface area contributed by atoms with Gasteiger partial charge in [0.15, 0.2) is 0 Å². The van der Waals surface area contributed by atoms with Gasteiger partial charge in [-0.05, 0) is 37.7 Å². The highest BCUT2D eigenvalue weighted by Crippen LogP contribution is 2.24. The quantitative estimate of drug-likeness (QED) is 0.252. The standard InChI is InChI=1S/C20H26O7S2/c1-13(2)17(22)25-12-26-19(24)29-11-14(10-16(21)20(3,4)28)18(23)27-15-8-6-5-7-9-15/h5-9,13-14,28H,10-12H2,1-4H3/t14-/m0/s1. The van der Waals surface area contributed by atoms with E-state index in [9.17, 15) is 19.2 Å². The van der Waals surface area contributed by atoms with Gasteiger partial charge in [0.25, 0.3) is 0 Å². The summed E-state index contributed by atoms with van der Waals surface area (Å²) in [6.45, 7) is 6.05. The van der Waals surface area contributed by atoms with Crippen molar-refractivity contribution >= 4 is 47.4 Å². The summed E-state index contributed by atoms with van der Waals surface area (Å²) >= 11 is 4.94. The van der Waals surface area contributed by atoms with Crippen molar-refractivity contribution in [2.45, 2.75) is 38.9 Å². The summed E-state index contributed by atoms with van der Waals surface area (Å²) in [6.07, 6.45) is -0.134. The lowest BCUT2D eigenvalue weighted by molar-refractivity contribution is -0.155. The number of carbonyl (C=O) groups is 4. The van der Waals surface area contributed by atoms with E-state index in [0.717, 1.165) is 0 Å². The third-order valence-electron chi connectivity index (χ3n) is 3.66. The molecule has 29 heavy (non-hydrogen) atoms. The van der Waals surface area contributed by atoms with E-state index in [4.69, 9.17) is 14.2 Å².